The van der Waals surface area contributed by atoms with Crippen LogP contribution in [0.4, 0.5) is 0 Å². The minimum Gasteiger partial charge on any atom is -0.391 e. The Morgan fingerprint density at radius 1 is 1.17 bits per heavy atom. The lowest BCUT2D eigenvalue weighted by molar-refractivity contribution is 0.0522. The van der Waals surface area contributed by atoms with Gasteiger partial charge in [0.15, 0.2) is 0 Å². The third kappa shape index (κ3) is 1.99. The van der Waals surface area contributed by atoms with Gasteiger partial charge < -0.3 is 10.2 Å². The van der Waals surface area contributed by atoms with Crippen molar-refractivity contribution in [1.82, 2.24) is 0 Å². The Hall–Kier alpha value is -0.163. The van der Waals surface area contributed by atoms with Crippen molar-refractivity contribution in [2.24, 2.45) is 0 Å². The lowest BCUT2D eigenvalue weighted by atomic mass is 10.2. The molecule has 1 fully saturated rings. The lowest BCUT2D eigenvalue weighted by Crippen LogP contribution is -2.60. The van der Waals surface area contributed by atoms with E-state index in [9.17, 15) is 10.2 Å². The van der Waals surface area contributed by atoms with Crippen molar-refractivity contribution >= 4 is 29.2 Å². The fourth-order valence-electron chi connectivity index (χ4n) is 3.22. The monoisotopic (exact) mass is 328 g/mol. The summed E-state index contributed by atoms with van der Waals surface area (Å²) < 4.78 is 0.00222. The van der Waals surface area contributed by atoms with Crippen molar-refractivity contribution in [3.05, 3.63) is 30.3 Å². The standard InChI is InChI=1S/C14H21BrO2Si/c1-14(2,3)18(10-7-5-4-6-8-10)9-11(16)12(17)13(18)15/h4-8,11-13,16-17H,9H2,1-3H3/t11-,12-,13-,18+/m1/s1. The number of rotatable bonds is 1. The van der Waals surface area contributed by atoms with Crippen LogP contribution in [0, 0.1) is 0 Å². The van der Waals surface area contributed by atoms with E-state index in [1.807, 2.05) is 18.2 Å². The summed E-state index contributed by atoms with van der Waals surface area (Å²) in [4.78, 5) is 0. The summed E-state index contributed by atoms with van der Waals surface area (Å²) in [7, 11) is -2.02. The number of alkyl halides is 1. The highest BCUT2D eigenvalue weighted by atomic mass is 79.9. The molecule has 0 spiro atoms. The van der Waals surface area contributed by atoms with E-state index in [4.69, 9.17) is 0 Å². The first-order valence-electron chi connectivity index (χ1n) is 6.36. The lowest BCUT2D eigenvalue weighted by Gasteiger charge is -2.43. The molecule has 2 rings (SSSR count). The molecule has 0 radical (unpaired) electrons. The smallest absolute Gasteiger partial charge is 0.112 e. The van der Waals surface area contributed by atoms with E-state index in [-0.39, 0.29) is 9.49 Å². The number of aliphatic hydroxyl groups excluding tert-OH is 2. The third-order valence-corrected chi connectivity index (χ3v) is 13.6. The zero-order chi connectivity index (χ0) is 13.6. The highest BCUT2D eigenvalue weighted by Crippen LogP contribution is 2.49. The molecule has 2 nitrogen and oxygen atoms in total. The molecule has 1 heterocycles. The molecule has 0 unspecified atom stereocenters. The molecule has 1 aliphatic rings. The Labute approximate surface area is 118 Å². The fourth-order valence-corrected chi connectivity index (χ4v) is 12.6. The van der Waals surface area contributed by atoms with E-state index in [0.29, 0.717) is 0 Å². The second-order valence-electron chi connectivity index (χ2n) is 6.25. The van der Waals surface area contributed by atoms with Gasteiger partial charge in [0.1, 0.15) is 8.07 Å². The topological polar surface area (TPSA) is 40.5 Å². The van der Waals surface area contributed by atoms with Gasteiger partial charge >= 0.3 is 0 Å². The average molecular weight is 329 g/mol. The summed E-state index contributed by atoms with van der Waals surface area (Å²) in [5.41, 5.74) is 0. The number of benzene rings is 1. The molecule has 18 heavy (non-hydrogen) atoms. The summed E-state index contributed by atoms with van der Waals surface area (Å²) in [6.07, 6.45) is -1.27. The molecule has 1 aliphatic heterocycles. The Kier molecular flexibility index (Phi) is 3.76. The van der Waals surface area contributed by atoms with Gasteiger partial charge in [-0.25, -0.2) is 0 Å². The molecule has 1 saturated heterocycles. The number of halogens is 1. The molecule has 0 aromatic heterocycles. The molecule has 0 amide bonds. The van der Waals surface area contributed by atoms with Crippen molar-refractivity contribution in [3.8, 4) is 0 Å². The van der Waals surface area contributed by atoms with Crippen LogP contribution in [0.15, 0.2) is 30.3 Å². The van der Waals surface area contributed by atoms with E-state index in [2.05, 4.69) is 48.8 Å². The van der Waals surface area contributed by atoms with Gasteiger partial charge in [-0.05, 0) is 11.1 Å². The van der Waals surface area contributed by atoms with Crippen molar-refractivity contribution in [2.45, 2.75) is 48.5 Å². The van der Waals surface area contributed by atoms with Crippen LogP contribution in [-0.2, 0) is 0 Å². The maximum Gasteiger partial charge on any atom is 0.112 e. The molecule has 100 valence electrons. The maximum atomic E-state index is 10.2. The highest BCUT2D eigenvalue weighted by Gasteiger charge is 2.60. The summed E-state index contributed by atoms with van der Waals surface area (Å²) in [5, 5.41) is 21.6. The zero-order valence-corrected chi connectivity index (χ0v) is 13.7. The molecule has 1 aromatic carbocycles. The predicted molar refractivity (Wildman–Crippen MR) is 81.1 cm³/mol. The van der Waals surface area contributed by atoms with Crippen molar-refractivity contribution < 1.29 is 10.2 Å². The molecule has 0 saturated carbocycles. The van der Waals surface area contributed by atoms with Gasteiger partial charge in [0, 0.05) is 4.45 Å². The normalized spacial score (nSPS) is 36.9. The zero-order valence-electron chi connectivity index (χ0n) is 11.1. The summed E-state index contributed by atoms with van der Waals surface area (Å²) in [5.74, 6) is 0. The Morgan fingerprint density at radius 3 is 2.11 bits per heavy atom. The van der Waals surface area contributed by atoms with Crippen LogP contribution >= 0.6 is 15.9 Å². The van der Waals surface area contributed by atoms with Crippen molar-refractivity contribution in [1.29, 1.82) is 0 Å². The minimum atomic E-state index is -2.02. The molecule has 1 aromatic rings. The molecular weight excluding hydrogens is 308 g/mol. The van der Waals surface area contributed by atoms with Crippen LogP contribution in [0.2, 0.25) is 11.1 Å². The van der Waals surface area contributed by atoms with Gasteiger partial charge in [0.25, 0.3) is 0 Å². The first-order valence-corrected chi connectivity index (χ1v) is 9.56. The number of hydrogen-bond donors (Lipinski definition) is 2. The number of hydrogen-bond acceptors (Lipinski definition) is 2. The van der Waals surface area contributed by atoms with Gasteiger partial charge in [0.2, 0.25) is 0 Å². The van der Waals surface area contributed by atoms with Crippen LogP contribution in [0.25, 0.3) is 0 Å². The van der Waals surface area contributed by atoms with Crippen LogP contribution in [-0.4, -0.2) is 34.9 Å². The van der Waals surface area contributed by atoms with E-state index < -0.39 is 20.3 Å². The second kappa shape index (κ2) is 4.74. The van der Waals surface area contributed by atoms with Gasteiger partial charge in [-0.15, -0.1) is 0 Å². The summed E-state index contributed by atoms with van der Waals surface area (Å²) >= 11 is 3.69. The third-order valence-electron chi connectivity index (χ3n) is 4.32. The van der Waals surface area contributed by atoms with E-state index in [1.54, 1.807) is 0 Å². The molecule has 0 aliphatic carbocycles. The Balaban J connectivity index is 2.57. The average Bonchev–Trinajstić information content (AvgIpc) is 2.55. The Morgan fingerprint density at radius 2 is 1.72 bits per heavy atom. The molecular formula is C14H21BrO2Si. The fraction of sp³-hybridized carbons (Fsp3) is 0.571. The van der Waals surface area contributed by atoms with Crippen LogP contribution < -0.4 is 5.19 Å². The quantitative estimate of drug-likeness (QED) is 0.612. The largest absolute Gasteiger partial charge is 0.391 e. The summed E-state index contributed by atoms with van der Waals surface area (Å²) in [6.45, 7) is 6.68. The van der Waals surface area contributed by atoms with Crippen LogP contribution in [0.5, 0.6) is 0 Å². The van der Waals surface area contributed by atoms with Gasteiger partial charge in [0.05, 0.1) is 12.2 Å². The van der Waals surface area contributed by atoms with Crippen molar-refractivity contribution in [2.75, 3.05) is 0 Å². The second-order valence-corrected chi connectivity index (χ2v) is 13.1. The molecule has 4 atom stereocenters. The van der Waals surface area contributed by atoms with Gasteiger partial charge in [-0.2, -0.15) is 0 Å². The molecule has 2 N–H and O–H groups in total. The SMILES string of the molecule is CC(C)(C)[Si@]1(c2ccccc2)C[C@@H](O)[C@@H](O)[C@@H]1Br. The molecule has 4 heteroatoms. The number of aliphatic hydroxyl groups is 2. The Bertz CT molecular complexity index is 418. The van der Waals surface area contributed by atoms with Crippen molar-refractivity contribution in [3.63, 3.8) is 0 Å². The van der Waals surface area contributed by atoms with E-state index in [1.165, 1.54) is 5.19 Å². The predicted octanol–water partition coefficient (Wildman–Crippen LogP) is 2.18. The molecule has 0 bridgehead atoms. The van der Waals surface area contributed by atoms with Gasteiger partial charge in [-0.3, -0.25) is 0 Å². The summed E-state index contributed by atoms with van der Waals surface area (Å²) in [6, 6.07) is 11.1. The van der Waals surface area contributed by atoms with E-state index >= 15 is 0 Å². The minimum absolute atomic E-state index is 0.00222. The first-order chi connectivity index (χ1) is 8.30. The van der Waals surface area contributed by atoms with Crippen LogP contribution in [0.3, 0.4) is 0 Å². The van der Waals surface area contributed by atoms with Gasteiger partial charge in [-0.1, -0.05) is 72.2 Å². The van der Waals surface area contributed by atoms with E-state index in [0.717, 1.165) is 6.04 Å². The maximum absolute atomic E-state index is 10.2. The highest BCUT2D eigenvalue weighted by molar-refractivity contribution is 9.10. The van der Waals surface area contributed by atoms with Crippen LogP contribution in [0.1, 0.15) is 20.8 Å². The first kappa shape index (κ1) is 14.3.